The molecule has 1 aliphatic heterocycles. The van der Waals surface area contributed by atoms with Gasteiger partial charge in [0, 0.05) is 5.69 Å². The Morgan fingerprint density at radius 3 is 2.55 bits per heavy atom. The Kier molecular flexibility index (Phi) is 2.21. The first-order chi connectivity index (χ1) is 10.9. The minimum Gasteiger partial charge on any atom is -0.368 e. The first-order valence-electron chi connectivity index (χ1n) is 7.64. The maximum absolute atomic E-state index is 3.78. The first kappa shape index (κ1) is 11.8. The first-order valence-corrected chi connectivity index (χ1v) is 7.64. The Balaban J connectivity index is 1.87. The highest BCUT2D eigenvalue weighted by Crippen LogP contribution is 2.49. The number of benzene rings is 2. The quantitative estimate of drug-likeness (QED) is 0.723. The summed E-state index contributed by atoms with van der Waals surface area (Å²) in [5.74, 6) is 0. The molecule has 0 bridgehead atoms. The van der Waals surface area contributed by atoms with E-state index in [1.54, 1.807) is 0 Å². The summed E-state index contributed by atoms with van der Waals surface area (Å²) in [5, 5.41) is 3.78. The van der Waals surface area contributed by atoms with Gasteiger partial charge in [-0.3, -0.25) is 0 Å². The summed E-state index contributed by atoms with van der Waals surface area (Å²) >= 11 is 0. The minimum atomic E-state index is -0.239. The van der Waals surface area contributed by atoms with E-state index in [2.05, 4.69) is 90.3 Å². The normalized spacial score (nSPS) is 23.3. The van der Waals surface area contributed by atoms with E-state index in [9.17, 15) is 0 Å². The van der Waals surface area contributed by atoms with Crippen LogP contribution in [0.3, 0.4) is 0 Å². The number of nitrogens with one attached hydrogen (secondary N) is 1. The van der Waals surface area contributed by atoms with Gasteiger partial charge in [-0.15, -0.1) is 0 Å². The standard InChI is InChI=1S/C21H15N/c1-3-10-18-15(7-1)13-17-9-5-6-12-21(17)19(18)14-16-8-2-4-11-20(16)22-21/h1-14,22H. The van der Waals surface area contributed by atoms with Crippen molar-refractivity contribution < 1.29 is 0 Å². The van der Waals surface area contributed by atoms with Crippen LogP contribution in [0, 0.1) is 0 Å². The molecule has 1 nitrogen and oxygen atoms in total. The van der Waals surface area contributed by atoms with E-state index < -0.39 is 0 Å². The fourth-order valence-corrected chi connectivity index (χ4v) is 3.72. The van der Waals surface area contributed by atoms with Gasteiger partial charge in [-0.2, -0.15) is 0 Å². The highest BCUT2D eigenvalue weighted by atomic mass is 15.0. The van der Waals surface area contributed by atoms with E-state index in [0.29, 0.717) is 0 Å². The van der Waals surface area contributed by atoms with Crippen LogP contribution in [0.5, 0.6) is 0 Å². The molecule has 1 N–H and O–H groups in total. The molecular formula is C21H15N. The van der Waals surface area contributed by atoms with E-state index in [4.69, 9.17) is 0 Å². The second-order valence-electron chi connectivity index (χ2n) is 5.98. The van der Waals surface area contributed by atoms with Crippen molar-refractivity contribution in [1.29, 1.82) is 0 Å². The van der Waals surface area contributed by atoms with Crippen molar-refractivity contribution in [2.75, 3.05) is 5.32 Å². The fraction of sp³-hybridized carbons (Fsp3) is 0.0476. The molecule has 1 spiro atoms. The van der Waals surface area contributed by atoms with Crippen LogP contribution in [-0.4, -0.2) is 5.54 Å². The van der Waals surface area contributed by atoms with Crippen molar-refractivity contribution in [3.8, 4) is 0 Å². The zero-order valence-corrected chi connectivity index (χ0v) is 12.1. The van der Waals surface area contributed by atoms with Gasteiger partial charge in [0.05, 0.1) is 0 Å². The lowest BCUT2D eigenvalue weighted by atomic mass is 9.69. The average Bonchev–Trinajstić information content (AvgIpc) is 2.57. The molecule has 3 aliphatic rings. The van der Waals surface area contributed by atoms with Gasteiger partial charge in [0.15, 0.2) is 0 Å². The van der Waals surface area contributed by atoms with E-state index in [1.165, 1.54) is 33.5 Å². The Bertz CT molecular complexity index is 911. The molecule has 2 aliphatic carbocycles. The lowest BCUT2D eigenvalue weighted by Gasteiger charge is -2.44. The number of para-hydroxylation sites is 1. The molecule has 2 aromatic carbocycles. The molecule has 1 heteroatoms. The largest absolute Gasteiger partial charge is 0.368 e. The van der Waals surface area contributed by atoms with Gasteiger partial charge >= 0.3 is 0 Å². The van der Waals surface area contributed by atoms with Crippen LogP contribution in [0.2, 0.25) is 0 Å². The number of allylic oxidation sites excluding steroid dienone is 2. The zero-order valence-electron chi connectivity index (χ0n) is 12.1. The molecule has 1 heterocycles. The van der Waals surface area contributed by atoms with Crippen LogP contribution < -0.4 is 5.32 Å². The van der Waals surface area contributed by atoms with E-state index >= 15 is 0 Å². The lowest BCUT2D eigenvalue weighted by Crippen LogP contribution is -2.43. The molecular weight excluding hydrogens is 266 g/mol. The minimum absolute atomic E-state index is 0.239. The van der Waals surface area contributed by atoms with Gasteiger partial charge in [-0.1, -0.05) is 66.8 Å². The highest BCUT2D eigenvalue weighted by Gasteiger charge is 2.41. The molecule has 0 radical (unpaired) electrons. The molecule has 2 aromatic rings. The molecule has 5 rings (SSSR count). The summed E-state index contributed by atoms with van der Waals surface area (Å²) in [7, 11) is 0. The maximum atomic E-state index is 3.78. The van der Waals surface area contributed by atoms with Gasteiger partial charge in [-0.25, -0.2) is 0 Å². The van der Waals surface area contributed by atoms with Crippen LogP contribution in [-0.2, 0) is 0 Å². The number of anilines is 1. The molecule has 1 atom stereocenters. The second-order valence-corrected chi connectivity index (χ2v) is 5.98. The van der Waals surface area contributed by atoms with Crippen molar-refractivity contribution in [1.82, 2.24) is 0 Å². The predicted octanol–water partition coefficient (Wildman–Crippen LogP) is 4.91. The molecule has 0 aromatic heterocycles. The highest BCUT2D eigenvalue weighted by molar-refractivity contribution is 6.04. The van der Waals surface area contributed by atoms with Crippen LogP contribution in [0.25, 0.3) is 17.7 Å². The Morgan fingerprint density at radius 2 is 1.59 bits per heavy atom. The molecule has 0 amide bonds. The third-order valence-corrected chi connectivity index (χ3v) is 4.77. The van der Waals surface area contributed by atoms with Gasteiger partial charge in [0.1, 0.15) is 5.54 Å². The Hall–Kier alpha value is -2.80. The zero-order chi connectivity index (χ0) is 14.6. The smallest absolute Gasteiger partial charge is 0.108 e. The van der Waals surface area contributed by atoms with Crippen LogP contribution in [0.1, 0.15) is 16.7 Å². The molecule has 0 saturated carbocycles. The summed E-state index contributed by atoms with van der Waals surface area (Å²) in [6.07, 6.45) is 13.4. The number of rotatable bonds is 0. The average molecular weight is 281 g/mol. The Labute approximate surface area is 130 Å². The van der Waals surface area contributed by atoms with Gasteiger partial charge in [0.2, 0.25) is 0 Å². The monoisotopic (exact) mass is 281 g/mol. The third-order valence-electron chi connectivity index (χ3n) is 4.77. The van der Waals surface area contributed by atoms with Crippen molar-refractivity contribution in [3.05, 3.63) is 95.1 Å². The summed E-state index contributed by atoms with van der Waals surface area (Å²) in [6, 6.07) is 17.2. The second kappa shape index (κ2) is 4.11. The van der Waals surface area contributed by atoms with Gasteiger partial charge < -0.3 is 5.32 Å². The summed E-state index contributed by atoms with van der Waals surface area (Å²) in [4.78, 5) is 0. The molecule has 22 heavy (non-hydrogen) atoms. The van der Waals surface area contributed by atoms with Gasteiger partial charge in [-0.05, 0) is 46.1 Å². The summed E-state index contributed by atoms with van der Waals surface area (Å²) < 4.78 is 0. The number of fused-ring (bicyclic) bond motifs is 3. The number of hydrogen-bond acceptors (Lipinski definition) is 1. The van der Waals surface area contributed by atoms with Crippen LogP contribution in [0.4, 0.5) is 5.69 Å². The van der Waals surface area contributed by atoms with Crippen molar-refractivity contribution in [3.63, 3.8) is 0 Å². The van der Waals surface area contributed by atoms with Gasteiger partial charge in [0.25, 0.3) is 0 Å². The van der Waals surface area contributed by atoms with Crippen molar-refractivity contribution in [2.24, 2.45) is 0 Å². The third kappa shape index (κ3) is 1.43. The lowest BCUT2D eigenvalue weighted by molar-refractivity contribution is 0.863. The maximum Gasteiger partial charge on any atom is 0.108 e. The predicted molar refractivity (Wildman–Crippen MR) is 93.4 cm³/mol. The molecule has 0 fully saturated rings. The Morgan fingerprint density at radius 1 is 0.773 bits per heavy atom. The molecule has 0 saturated heterocycles. The summed E-state index contributed by atoms with van der Waals surface area (Å²) in [5.41, 5.74) is 7.44. The fourth-order valence-electron chi connectivity index (χ4n) is 3.72. The van der Waals surface area contributed by atoms with Crippen molar-refractivity contribution >= 4 is 23.4 Å². The molecule has 1 unspecified atom stereocenters. The van der Waals surface area contributed by atoms with E-state index in [1.807, 2.05) is 0 Å². The summed E-state index contributed by atoms with van der Waals surface area (Å²) in [6.45, 7) is 0. The van der Waals surface area contributed by atoms with E-state index in [0.717, 1.165) is 0 Å². The SMILES string of the molecule is C1=CC2=Cc3ccccc3C3=Cc4ccccc4NC23C=C1. The van der Waals surface area contributed by atoms with Crippen LogP contribution >= 0.6 is 0 Å². The van der Waals surface area contributed by atoms with Crippen LogP contribution in [0.15, 0.2) is 78.4 Å². The van der Waals surface area contributed by atoms with E-state index in [-0.39, 0.29) is 5.54 Å². The number of hydrogen-bond donors (Lipinski definition) is 1. The molecule has 104 valence electrons. The van der Waals surface area contributed by atoms with Crippen molar-refractivity contribution in [2.45, 2.75) is 5.54 Å². The topological polar surface area (TPSA) is 12.0 Å².